The smallest absolute Gasteiger partial charge is 0.266 e. The van der Waals surface area contributed by atoms with E-state index in [1.807, 2.05) is 17.0 Å². The van der Waals surface area contributed by atoms with E-state index in [2.05, 4.69) is 18.0 Å². The van der Waals surface area contributed by atoms with Crippen LogP contribution in [0.15, 0.2) is 30.0 Å². The zero-order valence-corrected chi connectivity index (χ0v) is 11.5. The van der Waals surface area contributed by atoms with Gasteiger partial charge in [0, 0.05) is 24.7 Å². The van der Waals surface area contributed by atoms with Crippen LogP contribution in [0, 0.1) is 0 Å². The molecular formula is C14H15N3OS. The summed E-state index contributed by atoms with van der Waals surface area (Å²) in [5, 5.41) is 0.875. The lowest BCUT2D eigenvalue weighted by Gasteiger charge is -2.25. The quantitative estimate of drug-likeness (QED) is 0.813. The number of nitrogens with two attached hydrogens (primary N) is 1. The summed E-state index contributed by atoms with van der Waals surface area (Å²) in [6, 6.07) is 3.75. The predicted octanol–water partition coefficient (Wildman–Crippen LogP) is 2.67. The molecule has 0 saturated carbocycles. The van der Waals surface area contributed by atoms with Crippen molar-refractivity contribution in [2.45, 2.75) is 13.3 Å². The van der Waals surface area contributed by atoms with Crippen molar-refractivity contribution in [3.8, 4) is 0 Å². The van der Waals surface area contributed by atoms with Gasteiger partial charge >= 0.3 is 0 Å². The van der Waals surface area contributed by atoms with E-state index in [0.29, 0.717) is 17.1 Å². The summed E-state index contributed by atoms with van der Waals surface area (Å²) in [6.45, 7) is 3.51. The van der Waals surface area contributed by atoms with Crippen LogP contribution < -0.4 is 5.73 Å². The highest BCUT2D eigenvalue weighted by molar-refractivity contribution is 7.21. The van der Waals surface area contributed by atoms with Gasteiger partial charge in [0.05, 0.1) is 5.69 Å². The molecule has 3 rings (SSSR count). The van der Waals surface area contributed by atoms with Gasteiger partial charge in [0.25, 0.3) is 5.91 Å². The molecule has 1 aliphatic rings. The molecule has 1 aliphatic heterocycles. The molecule has 3 heterocycles. The lowest BCUT2D eigenvalue weighted by atomic mass is 10.1. The van der Waals surface area contributed by atoms with Gasteiger partial charge in [0.2, 0.25) is 0 Å². The molecule has 2 aromatic rings. The van der Waals surface area contributed by atoms with E-state index < -0.39 is 0 Å². The third kappa shape index (κ3) is 2.10. The normalized spacial score (nSPS) is 15.6. The molecule has 1 amide bonds. The number of hydrogen-bond acceptors (Lipinski definition) is 4. The molecule has 19 heavy (non-hydrogen) atoms. The largest absolute Gasteiger partial charge is 0.397 e. The summed E-state index contributed by atoms with van der Waals surface area (Å²) in [6.07, 6.45) is 4.82. The summed E-state index contributed by atoms with van der Waals surface area (Å²) in [5.41, 5.74) is 7.88. The van der Waals surface area contributed by atoms with Gasteiger partial charge in [-0.2, -0.15) is 0 Å². The first kappa shape index (κ1) is 12.2. The number of fused-ring (bicyclic) bond motifs is 1. The first-order chi connectivity index (χ1) is 9.16. The van der Waals surface area contributed by atoms with Gasteiger partial charge in [-0.15, -0.1) is 11.3 Å². The zero-order valence-electron chi connectivity index (χ0n) is 10.7. The molecule has 0 radical (unpaired) electrons. The average molecular weight is 273 g/mol. The van der Waals surface area contributed by atoms with Crippen LogP contribution in [0.3, 0.4) is 0 Å². The van der Waals surface area contributed by atoms with Gasteiger partial charge < -0.3 is 10.6 Å². The lowest BCUT2D eigenvalue weighted by Crippen LogP contribution is -2.35. The molecule has 0 saturated heterocycles. The number of amides is 1. The second-order valence-electron chi connectivity index (χ2n) is 4.77. The highest BCUT2D eigenvalue weighted by Crippen LogP contribution is 2.33. The van der Waals surface area contributed by atoms with Crippen molar-refractivity contribution < 1.29 is 4.79 Å². The molecule has 0 atom stereocenters. The van der Waals surface area contributed by atoms with Crippen molar-refractivity contribution in [2.24, 2.45) is 0 Å². The van der Waals surface area contributed by atoms with Gasteiger partial charge in [-0.05, 0) is 25.5 Å². The summed E-state index contributed by atoms with van der Waals surface area (Å²) in [4.78, 5) is 20.1. The van der Waals surface area contributed by atoms with Crippen LogP contribution in [0.1, 0.15) is 23.0 Å². The second-order valence-corrected chi connectivity index (χ2v) is 5.77. The van der Waals surface area contributed by atoms with Crippen molar-refractivity contribution in [3.05, 3.63) is 34.9 Å². The molecule has 98 valence electrons. The molecule has 5 heteroatoms. The number of rotatable bonds is 1. The predicted molar refractivity (Wildman–Crippen MR) is 78.3 cm³/mol. The van der Waals surface area contributed by atoms with Crippen LogP contribution in [0.2, 0.25) is 0 Å². The maximum Gasteiger partial charge on any atom is 0.266 e. The Bertz CT molecular complexity index is 674. The SMILES string of the molecule is CC1=CCCN(C(=O)c2sc3ncccc3c2N)C1. The number of pyridine rings is 1. The fourth-order valence-corrected chi connectivity index (χ4v) is 3.37. The zero-order chi connectivity index (χ0) is 13.4. The highest BCUT2D eigenvalue weighted by Gasteiger charge is 2.23. The van der Waals surface area contributed by atoms with Crippen LogP contribution in [-0.2, 0) is 0 Å². The Morgan fingerprint density at radius 2 is 2.37 bits per heavy atom. The maximum absolute atomic E-state index is 12.5. The number of hydrogen-bond donors (Lipinski definition) is 1. The minimum atomic E-state index is 0.0213. The van der Waals surface area contributed by atoms with Crippen LogP contribution in [0.5, 0.6) is 0 Å². The third-order valence-electron chi connectivity index (χ3n) is 3.32. The minimum absolute atomic E-state index is 0.0213. The third-order valence-corrected chi connectivity index (χ3v) is 4.44. The number of thiophene rings is 1. The van der Waals surface area contributed by atoms with Crippen LogP contribution in [0.4, 0.5) is 5.69 Å². The Kier molecular flexibility index (Phi) is 2.98. The molecule has 0 aromatic carbocycles. The summed E-state index contributed by atoms with van der Waals surface area (Å²) < 4.78 is 0. The molecule has 4 nitrogen and oxygen atoms in total. The highest BCUT2D eigenvalue weighted by atomic mass is 32.1. The Morgan fingerprint density at radius 1 is 1.53 bits per heavy atom. The van der Waals surface area contributed by atoms with Crippen LogP contribution >= 0.6 is 11.3 Å². The maximum atomic E-state index is 12.5. The molecule has 0 fully saturated rings. The fourth-order valence-electron chi connectivity index (χ4n) is 2.34. The average Bonchev–Trinajstić information content (AvgIpc) is 2.76. The second kappa shape index (κ2) is 4.66. The molecule has 2 N–H and O–H groups in total. The monoisotopic (exact) mass is 273 g/mol. The van der Waals surface area contributed by atoms with Crippen molar-refractivity contribution in [3.63, 3.8) is 0 Å². The number of carbonyl (C=O) groups excluding carboxylic acids is 1. The van der Waals surface area contributed by atoms with E-state index in [0.717, 1.165) is 23.2 Å². The first-order valence-corrected chi connectivity index (χ1v) is 7.06. The summed E-state index contributed by atoms with van der Waals surface area (Å²) >= 11 is 1.38. The van der Waals surface area contributed by atoms with Crippen molar-refractivity contribution in [1.29, 1.82) is 0 Å². The minimum Gasteiger partial charge on any atom is -0.397 e. The van der Waals surface area contributed by atoms with Crippen molar-refractivity contribution >= 4 is 33.1 Å². The van der Waals surface area contributed by atoms with Gasteiger partial charge in [0.15, 0.2) is 0 Å². The van der Waals surface area contributed by atoms with E-state index in [9.17, 15) is 4.79 Å². The Morgan fingerprint density at radius 3 is 3.11 bits per heavy atom. The van der Waals surface area contributed by atoms with Crippen LogP contribution in [0.25, 0.3) is 10.2 Å². The Labute approximate surface area is 115 Å². The summed E-state index contributed by atoms with van der Waals surface area (Å²) in [5.74, 6) is 0.0213. The molecule has 0 bridgehead atoms. The number of anilines is 1. The summed E-state index contributed by atoms with van der Waals surface area (Å²) in [7, 11) is 0. The standard InChI is InChI=1S/C14H15N3OS/c1-9-4-3-7-17(8-9)14(18)12-11(15)10-5-2-6-16-13(10)19-12/h2,4-6H,3,7-8,15H2,1H3. The topological polar surface area (TPSA) is 59.2 Å². The van der Waals surface area contributed by atoms with Gasteiger partial charge in [0.1, 0.15) is 9.71 Å². The molecular weight excluding hydrogens is 258 g/mol. The number of carbonyl (C=O) groups is 1. The van der Waals surface area contributed by atoms with E-state index in [-0.39, 0.29) is 5.91 Å². The van der Waals surface area contributed by atoms with E-state index in [1.54, 1.807) is 6.20 Å². The van der Waals surface area contributed by atoms with Gasteiger partial charge in [-0.25, -0.2) is 4.98 Å². The van der Waals surface area contributed by atoms with Gasteiger partial charge in [-0.3, -0.25) is 4.79 Å². The molecule has 2 aromatic heterocycles. The van der Waals surface area contributed by atoms with Crippen molar-refractivity contribution in [1.82, 2.24) is 9.88 Å². The Hall–Kier alpha value is -1.88. The molecule has 0 unspecified atom stereocenters. The van der Waals surface area contributed by atoms with Gasteiger partial charge in [-0.1, -0.05) is 11.6 Å². The van der Waals surface area contributed by atoms with Crippen LogP contribution in [-0.4, -0.2) is 28.9 Å². The lowest BCUT2D eigenvalue weighted by molar-refractivity contribution is 0.0772. The number of aromatic nitrogens is 1. The van der Waals surface area contributed by atoms with E-state index in [4.69, 9.17) is 5.73 Å². The number of nitrogens with zero attached hydrogens (tertiary/aromatic N) is 2. The van der Waals surface area contributed by atoms with E-state index in [1.165, 1.54) is 16.9 Å². The molecule has 0 aliphatic carbocycles. The van der Waals surface area contributed by atoms with Crippen molar-refractivity contribution in [2.75, 3.05) is 18.8 Å². The Balaban J connectivity index is 1.98. The number of nitrogen functional groups attached to an aromatic ring is 1. The molecule has 0 spiro atoms. The first-order valence-electron chi connectivity index (χ1n) is 6.24. The fraction of sp³-hybridized carbons (Fsp3) is 0.286. The van der Waals surface area contributed by atoms with E-state index >= 15 is 0 Å².